The van der Waals surface area contributed by atoms with Crippen LogP contribution in [0.1, 0.15) is 52.7 Å². The quantitative estimate of drug-likeness (QED) is 0.259. The number of halogens is 2. The summed E-state index contributed by atoms with van der Waals surface area (Å²) < 4.78 is 45.2. The van der Waals surface area contributed by atoms with E-state index in [2.05, 4.69) is 0 Å². The molecule has 0 spiro atoms. The molecule has 43 heavy (non-hydrogen) atoms. The van der Waals surface area contributed by atoms with Gasteiger partial charge in [-0.05, 0) is 77.3 Å². The lowest BCUT2D eigenvalue weighted by molar-refractivity contribution is 0.0541. The summed E-state index contributed by atoms with van der Waals surface area (Å²) in [7, 11) is 0. The Hall–Kier alpha value is -4.60. The van der Waals surface area contributed by atoms with Gasteiger partial charge in [0.25, 0.3) is 0 Å². The number of rotatable bonds is 3. The van der Waals surface area contributed by atoms with E-state index in [-0.39, 0.29) is 18.1 Å². The first kappa shape index (κ1) is 31.3. The number of amides is 1. The van der Waals surface area contributed by atoms with Crippen LogP contribution in [0.4, 0.5) is 24.1 Å². The average molecular weight is 595 g/mol. The number of nitrogens with zero attached hydrogens (tertiary/aromatic N) is 2. The van der Waals surface area contributed by atoms with E-state index in [1.807, 2.05) is 30.3 Å². The summed E-state index contributed by atoms with van der Waals surface area (Å²) in [5.74, 6) is -1.49. The minimum Gasteiger partial charge on any atom is -0.505 e. The van der Waals surface area contributed by atoms with Crippen molar-refractivity contribution in [2.75, 3.05) is 11.4 Å². The average Bonchev–Trinajstić information content (AvgIpc) is 3.50. The third-order valence-electron chi connectivity index (χ3n) is 6.23. The maximum atomic E-state index is 14.4. The normalized spacial score (nSPS) is 12.8. The van der Waals surface area contributed by atoms with E-state index in [9.17, 15) is 23.5 Å². The predicted molar refractivity (Wildman–Crippen MR) is 160 cm³/mol. The molecule has 0 aliphatic carbocycles. The minimum absolute atomic E-state index is 0.151. The number of phenols is 1. The first-order valence-corrected chi connectivity index (χ1v) is 13.8. The zero-order valence-corrected chi connectivity index (χ0v) is 25.1. The lowest BCUT2D eigenvalue weighted by atomic mass is 10.1. The summed E-state index contributed by atoms with van der Waals surface area (Å²) in [6, 6.07) is 16.7. The van der Waals surface area contributed by atoms with Crippen molar-refractivity contribution in [3.8, 4) is 11.5 Å². The molecule has 0 saturated heterocycles. The number of hydrogen-bond donors (Lipinski definition) is 1. The summed E-state index contributed by atoms with van der Waals surface area (Å²) in [5.41, 5.74) is 1.41. The number of carbonyl (C=O) groups excluding carboxylic acids is 2. The van der Waals surface area contributed by atoms with E-state index in [0.29, 0.717) is 29.6 Å². The third kappa shape index (κ3) is 8.03. The number of hydrogen-bond acceptors (Lipinski definition) is 6. The van der Waals surface area contributed by atoms with E-state index in [1.165, 1.54) is 27.7 Å². The van der Waals surface area contributed by atoms with Gasteiger partial charge in [0, 0.05) is 30.3 Å². The van der Waals surface area contributed by atoms with Crippen molar-refractivity contribution in [3.63, 3.8) is 0 Å². The first-order chi connectivity index (χ1) is 20.1. The lowest BCUT2D eigenvalue weighted by Crippen LogP contribution is -2.35. The van der Waals surface area contributed by atoms with Crippen molar-refractivity contribution >= 4 is 28.8 Å². The number of aromatic nitrogens is 1. The number of anilines is 1. The zero-order chi connectivity index (χ0) is 31.5. The maximum absolute atomic E-state index is 14.4. The zero-order valence-electron chi connectivity index (χ0n) is 25.1. The van der Waals surface area contributed by atoms with E-state index in [0.717, 1.165) is 11.1 Å². The standard InChI is InChI=1S/C20H20FNO3.C13H16FNO3/c1-20(2,3)25-19(23)22-10-9-15-11-18(16(21)12-17(15)22)24-13-14-7-5-4-6-8-14;1-13(2,3)18-12(17)15-5-4-8-6-11(16)9(14)7-10(8)15/h4-12H,13H2,1-3H3;6-7,16H,4-5H2,1-3H3. The molecule has 1 aliphatic heterocycles. The molecule has 0 bridgehead atoms. The monoisotopic (exact) mass is 594 g/mol. The van der Waals surface area contributed by atoms with Crippen molar-refractivity contribution in [2.45, 2.75) is 65.8 Å². The Morgan fingerprint density at radius 2 is 1.51 bits per heavy atom. The maximum Gasteiger partial charge on any atom is 0.418 e. The fourth-order valence-corrected chi connectivity index (χ4v) is 4.36. The van der Waals surface area contributed by atoms with E-state index < -0.39 is 35.0 Å². The van der Waals surface area contributed by atoms with Gasteiger partial charge in [-0.15, -0.1) is 0 Å². The second kappa shape index (κ2) is 12.3. The Balaban J connectivity index is 0.000000208. The summed E-state index contributed by atoms with van der Waals surface area (Å²) >= 11 is 0. The van der Waals surface area contributed by atoms with Gasteiger partial charge >= 0.3 is 12.2 Å². The molecule has 0 radical (unpaired) electrons. The van der Waals surface area contributed by atoms with Crippen molar-refractivity contribution < 1.29 is 37.7 Å². The highest BCUT2D eigenvalue weighted by Crippen LogP contribution is 2.34. The molecule has 1 aliphatic rings. The van der Waals surface area contributed by atoms with Crippen LogP contribution >= 0.6 is 0 Å². The molecule has 3 aromatic carbocycles. The molecule has 1 aromatic heterocycles. The molecule has 5 rings (SSSR count). The molecule has 0 fully saturated rings. The number of fused-ring (bicyclic) bond motifs is 2. The van der Waals surface area contributed by atoms with Crippen LogP contribution in [0, 0.1) is 11.6 Å². The summed E-state index contributed by atoms with van der Waals surface area (Å²) in [4.78, 5) is 25.6. The fraction of sp³-hybridized carbons (Fsp3) is 0.333. The van der Waals surface area contributed by atoms with Crippen molar-refractivity contribution in [2.24, 2.45) is 0 Å². The molecular formula is C33H36F2N2O6. The summed E-state index contributed by atoms with van der Waals surface area (Å²) in [6.07, 6.45) is 1.12. The molecule has 228 valence electrons. The lowest BCUT2D eigenvalue weighted by Gasteiger charge is -2.24. The van der Waals surface area contributed by atoms with Crippen LogP contribution in [-0.2, 0) is 22.5 Å². The number of benzene rings is 3. The molecular weight excluding hydrogens is 558 g/mol. The largest absolute Gasteiger partial charge is 0.505 e. The van der Waals surface area contributed by atoms with Gasteiger partial charge in [0.2, 0.25) is 0 Å². The second-order valence-electron chi connectivity index (χ2n) is 12.1. The van der Waals surface area contributed by atoms with Crippen LogP contribution in [0.3, 0.4) is 0 Å². The van der Waals surface area contributed by atoms with Crippen molar-refractivity contribution in [3.05, 3.63) is 89.6 Å². The van der Waals surface area contributed by atoms with Gasteiger partial charge in [-0.2, -0.15) is 0 Å². The van der Waals surface area contributed by atoms with Crippen LogP contribution < -0.4 is 9.64 Å². The Morgan fingerprint density at radius 1 is 0.860 bits per heavy atom. The highest BCUT2D eigenvalue weighted by atomic mass is 19.1. The van der Waals surface area contributed by atoms with E-state index >= 15 is 0 Å². The Labute approximate surface area is 249 Å². The highest BCUT2D eigenvalue weighted by molar-refractivity contribution is 5.91. The van der Waals surface area contributed by atoms with Gasteiger partial charge in [-0.1, -0.05) is 30.3 Å². The van der Waals surface area contributed by atoms with E-state index in [1.54, 1.807) is 59.9 Å². The van der Waals surface area contributed by atoms with Gasteiger partial charge in [0.05, 0.1) is 11.2 Å². The van der Waals surface area contributed by atoms with Gasteiger partial charge in [0.1, 0.15) is 17.8 Å². The van der Waals surface area contributed by atoms with Crippen LogP contribution in [0.25, 0.3) is 10.9 Å². The predicted octanol–water partition coefficient (Wildman–Crippen LogP) is 7.97. The molecule has 0 saturated carbocycles. The number of phenolic OH excluding ortho intramolecular Hbond substituents is 1. The molecule has 10 heteroatoms. The smallest absolute Gasteiger partial charge is 0.418 e. The van der Waals surface area contributed by atoms with Crippen LogP contribution in [0.15, 0.2) is 66.9 Å². The third-order valence-corrected chi connectivity index (χ3v) is 6.23. The number of ether oxygens (including phenoxy) is 3. The Bertz CT molecular complexity index is 1620. The highest BCUT2D eigenvalue weighted by Gasteiger charge is 2.30. The second-order valence-corrected chi connectivity index (χ2v) is 12.1. The van der Waals surface area contributed by atoms with Gasteiger partial charge in [-0.25, -0.2) is 18.4 Å². The minimum atomic E-state index is -0.732. The molecule has 2 heterocycles. The number of aromatic hydroxyl groups is 1. The molecule has 8 nitrogen and oxygen atoms in total. The Kier molecular flexibility index (Phi) is 8.98. The van der Waals surface area contributed by atoms with Crippen molar-refractivity contribution in [1.29, 1.82) is 0 Å². The molecule has 4 aromatic rings. The fourth-order valence-electron chi connectivity index (χ4n) is 4.36. The van der Waals surface area contributed by atoms with Gasteiger partial charge in [0.15, 0.2) is 23.1 Å². The SMILES string of the molecule is CC(C)(C)OC(=O)N1CCc2cc(O)c(F)cc21.CC(C)(C)OC(=O)n1ccc2cc(OCc3ccccc3)c(F)cc21. The summed E-state index contributed by atoms with van der Waals surface area (Å²) in [5, 5.41) is 9.99. The molecule has 0 unspecified atom stereocenters. The molecule has 1 amide bonds. The topological polar surface area (TPSA) is 90.2 Å². The first-order valence-electron chi connectivity index (χ1n) is 13.8. The summed E-state index contributed by atoms with van der Waals surface area (Å²) in [6.45, 7) is 11.4. The molecule has 0 atom stereocenters. The Morgan fingerprint density at radius 3 is 2.16 bits per heavy atom. The van der Waals surface area contributed by atoms with Crippen LogP contribution in [0.2, 0.25) is 0 Å². The van der Waals surface area contributed by atoms with E-state index in [4.69, 9.17) is 14.2 Å². The van der Waals surface area contributed by atoms with Crippen LogP contribution in [0.5, 0.6) is 11.5 Å². The van der Waals surface area contributed by atoms with Crippen molar-refractivity contribution in [1.82, 2.24) is 4.57 Å². The van der Waals surface area contributed by atoms with Gasteiger partial charge < -0.3 is 19.3 Å². The molecule has 1 N–H and O–H groups in total. The number of carbonyl (C=O) groups is 2. The van der Waals surface area contributed by atoms with Gasteiger partial charge in [-0.3, -0.25) is 9.47 Å². The van der Waals surface area contributed by atoms with Crippen LogP contribution in [-0.4, -0.2) is 39.6 Å².